The Morgan fingerprint density at radius 1 is 1.53 bits per heavy atom. The molecule has 2 heterocycles. The zero-order valence-electron chi connectivity index (χ0n) is 10.4. The molecule has 1 fully saturated rings. The molecule has 4 nitrogen and oxygen atoms in total. The third-order valence-electron chi connectivity index (χ3n) is 3.39. The van der Waals surface area contributed by atoms with E-state index in [1.165, 1.54) is 0 Å². The molecule has 0 bridgehead atoms. The van der Waals surface area contributed by atoms with Gasteiger partial charge < -0.3 is 15.7 Å². The molecule has 0 spiro atoms. The molecule has 1 aliphatic heterocycles. The average Bonchev–Trinajstić information content (AvgIpc) is 2.39. The van der Waals surface area contributed by atoms with E-state index in [0.29, 0.717) is 12.5 Å². The van der Waals surface area contributed by atoms with Gasteiger partial charge in [0.1, 0.15) is 5.82 Å². The van der Waals surface area contributed by atoms with Gasteiger partial charge in [0.15, 0.2) is 0 Å². The lowest BCUT2D eigenvalue weighted by Crippen LogP contribution is -2.38. The van der Waals surface area contributed by atoms with Crippen LogP contribution in [0.2, 0.25) is 0 Å². The molecular formula is C13H21N3O. The van der Waals surface area contributed by atoms with Gasteiger partial charge in [-0.15, -0.1) is 0 Å². The first-order chi connectivity index (χ1) is 8.24. The highest BCUT2D eigenvalue weighted by atomic mass is 16.3. The van der Waals surface area contributed by atoms with Gasteiger partial charge in [-0.25, -0.2) is 4.98 Å². The minimum absolute atomic E-state index is 0.264. The van der Waals surface area contributed by atoms with Crippen LogP contribution < -0.4 is 10.6 Å². The molecule has 1 unspecified atom stereocenters. The Morgan fingerprint density at radius 3 is 3.06 bits per heavy atom. The van der Waals surface area contributed by atoms with Gasteiger partial charge in [0.25, 0.3) is 0 Å². The SMILES string of the molecule is Cc1ccc(CN)c(N2CCCC(CO)C2)n1. The van der Waals surface area contributed by atoms with Gasteiger partial charge in [0, 0.05) is 37.5 Å². The van der Waals surface area contributed by atoms with Crippen LogP contribution in [0.1, 0.15) is 24.1 Å². The lowest BCUT2D eigenvalue weighted by Gasteiger charge is -2.34. The minimum atomic E-state index is 0.264. The third kappa shape index (κ3) is 2.76. The summed E-state index contributed by atoms with van der Waals surface area (Å²) in [5.74, 6) is 1.38. The Hall–Kier alpha value is -1.13. The molecule has 2 rings (SSSR count). The Morgan fingerprint density at radius 2 is 2.35 bits per heavy atom. The van der Waals surface area contributed by atoms with Crippen molar-refractivity contribution in [2.24, 2.45) is 11.7 Å². The Balaban J connectivity index is 2.22. The van der Waals surface area contributed by atoms with Crippen molar-refractivity contribution in [2.75, 3.05) is 24.6 Å². The molecule has 0 radical (unpaired) electrons. The summed E-state index contributed by atoms with van der Waals surface area (Å²) in [7, 11) is 0. The summed E-state index contributed by atoms with van der Waals surface area (Å²) in [6, 6.07) is 4.05. The number of aromatic nitrogens is 1. The van der Waals surface area contributed by atoms with Gasteiger partial charge in [0.05, 0.1) is 0 Å². The van der Waals surface area contributed by atoms with E-state index in [-0.39, 0.29) is 6.61 Å². The monoisotopic (exact) mass is 235 g/mol. The quantitative estimate of drug-likeness (QED) is 0.822. The highest BCUT2D eigenvalue weighted by molar-refractivity contribution is 5.48. The molecule has 17 heavy (non-hydrogen) atoms. The van der Waals surface area contributed by atoms with Crippen LogP contribution in [0, 0.1) is 12.8 Å². The molecule has 0 saturated carbocycles. The topological polar surface area (TPSA) is 62.4 Å². The summed E-state index contributed by atoms with van der Waals surface area (Å²) in [6.45, 7) is 4.68. The van der Waals surface area contributed by atoms with E-state index in [4.69, 9.17) is 5.73 Å². The average molecular weight is 235 g/mol. The van der Waals surface area contributed by atoms with Gasteiger partial charge in [-0.05, 0) is 31.7 Å². The van der Waals surface area contributed by atoms with Gasteiger partial charge in [-0.3, -0.25) is 0 Å². The molecule has 0 aromatic carbocycles. The standard InChI is InChI=1S/C13H21N3O/c1-10-4-5-12(7-14)13(15-10)16-6-2-3-11(8-16)9-17/h4-5,11,17H,2-3,6-9,14H2,1H3. The van der Waals surface area contributed by atoms with Crippen molar-refractivity contribution in [2.45, 2.75) is 26.3 Å². The first kappa shape index (κ1) is 12.3. The normalized spacial score (nSPS) is 20.6. The van der Waals surface area contributed by atoms with Gasteiger partial charge in [0.2, 0.25) is 0 Å². The second-order valence-electron chi connectivity index (χ2n) is 4.78. The number of hydrogen-bond donors (Lipinski definition) is 2. The molecule has 0 aliphatic carbocycles. The molecule has 0 amide bonds. The number of aliphatic hydroxyl groups is 1. The predicted molar refractivity (Wildman–Crippen MR) is 68.9 cm³/mol. The molecule has 1 saturated heterocycles. The molecule has 1 atom stereocenters. The summed E-state index contributed by atoms with van der Waals surface area (Å²) in [5, 5.41) is 9.27. The fraction of sp³-hybridized carbons (Fsp3) is 0.615. The number of aliphatic hydroxyl groups excluding tert-OH is 1. The molecular weight excluding hydrogens is 214 g/mol. The van der Waals surface area contributed by atoms with Crippen molar-refractivity contribution < 1.29 is 5.11 Å². The Kier molecular flexibility index (Phi) is 3.97. The van der Waals surface area contributed by atoms with E-state index in [9.17, 15) is 5.11 Å². The van der Waals surface area contributed by atoms with Crippen molar-refractivity contribution in [1.29, 1.82) is 0 Å². The maximum atomic E-state index is 9.27. The van der Waals surface area contributed by atoms with Crippen LogP contribution in [0.5, 0.6) is 0 Å². The summed E-state index contributed by atoms with van der Waals surface area (Å²) in [5.41, 5.74) is 7.87. The van der Waals surface area contributed by atoms with Crippen LogP contribution in [-0.4, -0.2) is 29.8 Å². The zero-order chi connectivity index (χ0) is 12.3. The van der Waals surface area contributed by atoms with Crippen molar-refractivity contribution in [3.8, 4) is 0 Å². The van der Waals surface area contributed by atoms with Crippen LogP contribution in [0.3, 0.4) is 0 Å². The van der Waals surface area contributed by atoms with Crippen molar-refractivity contribution >= 4 is 5.82 Å². The van der Waals surface area contributed by atoms with E-state index in [2.05, 4.69) is 16.0 Å². The fourth-order valence-corrected chi connectivity index (χ4v) is 2.41. The number of hydrogen-bond acceptors (Lipinski definition) is 4. The van der Waals surface area contributed by atoms with Gasteiger partial charge in [-0.1, -0.05) is 6.07 Å². The molecule has 4 heteroatoms. The number of rotatable bonds is 3. The smallest absolute Gasteiger partial charge is 0.133 e. The van der Waals surface area contributed by atoms with Gasteiger partial charge in [-0.2, -0.15) is 0 Å². The lowest BCUT2D eigenvalue weighted by molar-refractivity contribution is 0.208. The Bertz CT molecular complexity index is 381. The summed E-state index contributed by atoms with van der Waals surface area (Å²) in [6.07, 6.45) is 2.22. The highest BCUT2D eigenvalue weighted by Crippen LogP contribution is 2.24. The van der Waals surface area contributed by atoms with Crippen LogP contribution in [0.25, 0.3) is 0 Å². The maximum absolute atomic E-state index is 9.27. The van der Waals surface area contributed by atoms with Crippen molar-refractivity contribution in [3.05, 3.63) is 23.4 Å². The van der Waals surface area contributed by atoms with Crippen LogP contribution in [0.15, 0.2) is 12.1 Å². The van der Waals surface area contributed by atoms with E-state index in [1.54, 1.807) is 0 Å². The van der Waals surface area contributed by atoms with E-state index >= 15 is 0 Å². The molecule has 3 N–H and O–H groups in total. The second-order valence-corrected chi connectivity index (χ2v) is 4.78. The number of piperidine rings is 1. The zero-order valence-corrected chi connectivity index (χ0v) is 10.4. The van der Waals surface area contributed by atoms with Crippen LogP contribution >= 0.6 is 0 Å². The van der Waals surface area contributed by atoms with Crippen molar-refractivity contribution in [3.63, 3.8) is 0 Å². The van der Waals surface area contributed by atoms with E-state index < -0.39 is 0 Å². The summed E-state index contributed by atoms with van der Waals surface area (Å²) < 4.78 is 0. The number of nitrogens with two attached hydrogens (primary N) is 1. The molecule has 94 valence electrons. The lowest BCUT2D eigenvalue weighted by atomic mass is 9.98. The molecule has 1 aromatic rings. The number of aryl methyl sites for hydroxylation is 1. The maximum Gasteiger partial charge on any atom is 0.133 e. The summed E-state index contributed by atoms with van der Waals surface area (Å²) in [4.78, 5) is 6.86. The molecule has 1 aromatic heterocycles. The van der Waals surface area contributed by atoms with Gasteiger partial charge >= 0.3 is 0 Å². The number of nitrogens with zero attached hydrogens (tertiary/aromatic N) is 2. The Labute approximate surface area is 102 Å². The first-order valence-corrected chi connectivity index (χ1v) is 6.27. The van der Waals surface area contributed by atoms with Crippen molar-refractivity contribution in [1.82, 2.24) is 4.98 Å². The predicted octanol–water partition coefficient (Wildman–Crippen LogP) is 1.06. The summed E-state index contributed by atoms with van der Waals surface area (Å²) >= 11 is 0. The number of anilines is 1. The first-order valence-electron chi connectivity index (χ1n) is 6.27. The fourth-order valence-electron chi connectivity index (χ4n) is 2.41. The third-order valence-corrected chi connectivity index (χ3v) is 3.39. The highest BCUT2D eigenvalue weighted by Gasteiger charge is 2.21. The molecule has 1 aliphatic rings. The minimum Gasteiger partial charge on any atom is -0.396 e. The van der Waals surface area contributed by atoms with E-state index in [1.807, 2.05) is 13.0 Å². The largest absolute Gasteiger partial charge is 0.396 e. The van der Waals surface area contributed by atoms with Crippen LogP contribution in [-0.2, 0) is 6.54 Å². The van der Waals surface area contributed by atoms with E-state index in [0.717, 1.165) is 43.0 Å². The number of pyridine rings is 1. The van der Waals surface area contributed by atoms with Crippen LogP contribution in [0.4, 0.5) is 5.82 Å². The second kappa shape index (κ2) is 5.47.